The predicted octanol–water partition coefficient (Wildman–Crippen LogP) is 9.98. The quantitative estimate of drug-likeness (QED) is 0.129. The van der Waals surface area contributed by atoms with Gasteiger partial charge in [0.05, 0.1) is 0 Å². The topological polar surface area (TPSA) is 0 Å². The summed E-state index contributed by atoms with van der Waals surface area (Å²) >= 11 is 3.91. The molecule has 0 aromatic heterocycles. The first-order valence-corrected chi connectivity index (χ1v) is 12.9. The standard InChI is InChI=1S/C24H49Br/c1-3-5-7-9-11-13-15-17-19-21-23-24(25)22-20-18-16-14-12-10-8-6-4-2/h24H,3-23H2,1-2H3. The zero-order chi connectivity index (χ0) is 18.4. The van der Waals surface area contributed by atoms with E-state index in [-0.39, 0.29) is 0 Å². The summed E-state index contributed by atoms with van der Waals surface area (Å²) < 4.78 is 0. The van der Waals surface area contributed by atoms with E-state index < -0.39 is 0 Å². The zero-order valence-corrected chi connectivity index (χ0v) is 19.4. The fourth-order valence-electron chi connectivity index (χ4n) is 3.67. The average Bonchev–Trinajstić information content (AvgIpc) is 2.62. The highest BCUT2D eigenvalue weighted by Gasteiger charge is 2.03. The Bertz CT molecular complexity index is 226. The molecule has 0 aliphatic heterocycles. The lowest BCUT2D eigenvalue weighted by Gasteiger charge is -2.09. The van der Waals surface area contributed by atoms with Crippen molar-refractivity contribution in [2.24, 2.45) is 0 Å². The average molecular weight is 418 g/mol. The summed E-state index contributed by atoms with van der Waals surface area (Å²) in [5, 5.41) is 0. The third kappa shape index (κ3) is 22.4. The van der Waals surface area contributed by atoms with Crippen LogP contribution < -0.4 is 0 Å². The first-order valence-electron chi connectivity index (χ1n) is 11.9. The molecule has 1 heteroatoms. The third-order valence-electron chi connectivity index (χ3n) is 5.49. The van der Waals surface area contributed by atoms with Crippen LogP contribution in [0.2, 0.25) is 0 Å². The summed E-state index contributed by atoms with van der Waals surface area (Å²) in [5.74, 6) is 0. The molecule has 0 aliphatic rings. The van der Waals surface area contributed by atoms with Gasteiger partial charge in [0.25, 0.3) is 0 Å². The Balaban J connectivity index is 3.12. The summed E-state index contributed by atoms with van der Waals surface area (Å²) in [6.45, 7) is 4.60. The van der Waals surface area contributed by atoms with Gasteiger partial charge in [-0.2, -0.15) is 0 Å². The highest BCUT2D eigenvalue weighted by molar-refractivity contribution is 9.09. The van der Waals surface area contributed by atoms with Gasteiger partial charge in [-0.05, 0) is 12.8 Å². The first kappa shape index (κ1) is 25.5. The second-order valence-electron chi connectivity index (χ2n) is 8.19. The predicted molar refractivity (Wildman–Crippen MR) is 121 cm³/mol. The van der Waals surface area contributed by atoms with Crippen LogP contribution in [0.25, 0.3) is 0 Å². The summed E-state index contributed by atoms with van der Waals surface area (Å²) in [6.07, 6.45) is 30.3. The molecule has 0 spiro atoms. The molecule has 0 rings (SSSR count). The molecular weight excluding hydrogens is 368 g/mol. The molecule has 0 aromatic rings. The Morgan fingerprint density at radius 3 is 0.920 bits per heavy atom. The number of rotatable bonds is 21. The summed E-state index contributed by atoms with van der Waals surface area (Å²) in [6, 6.07) is 0. The fourth-order valence-corrected chi connectivity index (χ4v) is 4.32. The van der Waals surface area contributed by atoms with Crippen LogP contribution in [0, 0.1) is 0 Å². The van der Waals surface area contributed by atoms with Crippen LogP contribution in [0.3, 0.4) is 0 Å². The lowest BCUT2D eigenvalue weighted by molar-refractivity contribution is 0.527. The lowest BCUT2D eigenvalue weighted by atomic mass is 10.0. The van der Waals surface area contributed by atoms with Gasteiger partial charge in [0, 0.05) is 4.83 Å². The van der Waals surface area contributed by atoms with Gasteiger partial charge in [0.1, 0.15) is 0 Å². The van der Waals surface area contributed by atoms with Crippen molar-refractivity contribution in [2.45, 2.75) is 154 Å². The van der Waals surface area contributed by atoms with Crippen molar-refractivity contribution in [2.75, 3.05) is 0 Å². The van der Waals surface area contributed by atoms with E-state index in [0.29, 0.717) is 0 Å². The molecule has 0 aromatic carbocycles. The minimum absolute atomic E-state index is 0.783. The van der Waals surface area contributed by atoms with Crippen LogP contribution in [0.1, 0.15) is 149 Å². The molecule has 1 unspecified atom stereocenters. The zero-order valence-electron chi connectivity index (χ0n) is 17.8. The van der Waals surface area contributed by atoms with E-state index in [9.17, 15) is 0 Å². The van der Waals surface area contributed by atoms with Crippen LogP contribution in [0.5, 0.6) is 0 Å². The van der Waals surface area contributed by atoms with E-state index in [1.807, 2.05) is 0 Å². The smallest absolute Gasteiger partial charge is 0.0145 e. The summed E-state index contributed by atoms with van der Waals surface area (Å²) in [4.78, 5) is 0.783. The molecule has 0 saturated heterocycles. The first-order chi connectivity index (χ1) is 12.3. The van der Waals surface area contributed by atoms with Gasteiger partial charge in [-0.15, -0.1) is 0 Å². The Morgan fingerprint density at radius 1 is 0.400 bits per heavy atom. The molecule has 0 heterocycles. The largest absolute Gasteiger partial charge is 0.0891 e. The van der Waals surface area contributed by atoms with Gasteiger partial charge < -0.3 is 0 Å². The third-order valence-corrected chi connectivity index (χ3v) is 6.41. The molecule has 0 amide bonds. The Labute approximate surface area is 169 Å². The number of halogens is 1. The molecule has 0 N–H and O–H groups in total. The maximum atomic E-state index is 3.91. The maximum absolute atomic E-state index is 3.91. The molecule has 0 bridgehead atoms. The monoisotopic (exact) mass is 416 g/mol. The lowest BCUT2D eigenvalue weighted by Crippen LogP contribution is -1.97. The maximum Gasteiger partial charge on any atom is 0.0145 e. The Kier molecular flexibility index (Phi) is 23.0. The molecule has 25 heavy (non-hydrogen) atoms. The SMILES string of the molecule is CCCCCCCCCCCCC(Br)CCCCCCCCCCC. The number of unbranched alkanes of at least 4 members (excludes halogenated alkanes) is 17. The second-order valence-corrected chi connectivity index (χ2v) is 9.48. The second kappa shape index (κ2) is 22.5. The summed E-state index contributed by atoms with van der Waals surface area (Å²) in [5.41, 5.74) is 0. The molecule has 152 valence electrons. The van der Waals surface area contributed by atoms with Crippen LogP contribution in [0.15, 0.2) is 0 Å². The minimum atomic E-state index is 0.783. The highest BCUT2D eigenvalue weighted by atomic mass is 79.9. The van der Waals surface area contributed by atoms with E-state index in [2.05, 4.69) is 29.8 Å². The van der Waals surface area contributed by atoms with E-state index in [4.69, 9.17) is 0 Å². The van der Waals surface area contributed by atoms with Crippen LogP contribution >= 0.6 is 15.9 Å². The van der Waals surface area contributed by atoms with Crippen molar-refractivity contribution in [1.29, 1.82) is 0 Å². The molecule has 1 atom stereocenters. The van der Waals surface area contributed by atoms with Gasteiger partial charge in [-0.1, -0.05) is 152 Å². The van der Waals surface area contributed by atoms with Gasteiger partial charge in [-0.3, -0.25) is 0 Å². The normalized spacial score (nSPS) is 12.6. The van der Waals surface area contributed by atoms with Crippen LogP contribution in [0.4, 0.5) is 0 Å². The molecule has 0 fully saturated rings. The van der Waals surface area contributed by atoms with Crippen molar-refractivity contribution in [3.05, 3.63) is 0 Å². The van der Waals surface area contributed by atoms with E-state index in [0.717, 1.165) is 4.83 Å². The van der Waals surface area contributed by atoms with Gasteiger partial charge in [-0.25, -0.2) is 0 Å². The summed E-state index contributed by atoms with van der Waals surface area (Å²) in [7, 11) is 0. The van der Waals surface area contributed by atoms with E-state index >= 15 is 0 Å². The van der Waals surface area contributed by atoms with E-state index in [1.165, 1.54) is 135 Å². The molecule has 0 nitrogen and oxygen atoms in total. The van der Waals surface area contributed by atoms with Gasteiger partial charge in [0.2, 0.25) is 0 Å². The molecular formula is C24H49Br. The Morgan fingerprint density at radius 2 is 0.640 bits per heavy atom. The van der Waals surface area contributed by atoms with Crippen molar-refractivity contribution >= 4 is 15.9 Å². The van der Waals surface area contributed by atoms with Crippen molar-refractivity contribution in [1.82, 2.24) is 0 Å². The fraction of sp³-hybridized carbons (Fsp3) is 1.00. The number of alkyl halides is 1. The van der Waals surface area contributed by atoms with Crippen LogP contribution in [-0.4, -0.2) is 4.83 Å². The highest BCUT2D eigenvalue weighted by Crippen LogP contribution is 2.20. The molecule has 0 saturated carbocycles. The van der Waals surface area contributed by atoms with Crippen LogP contribution in [-0.2, 0) is 0 Å². The van der Waals surface area contributed by atoms with Crippen molar-refractivity contribution in [3.8, 4) is 0 Å². The number of hydrogen-bond donors (Lipinski definition) is 0. The van der Waals surface area contributed by atoms with Crippen molar-refractivity contribution in [3.63, 3.8) is 0 Å². The van der Waals surface area contributed by atoms with Gasteiger partial charge in [0.15, 0.2) is 0 Å². The molecule has 0 radical (unpaired) electrons. The Hall–Kier alpha value is 0.480. The van der Waals surface area contributed by atoms with E-state index in [1.54, 1.807) is 0 Å². The molecule has 0 aliphatic carbocycles. The van der Waals surface area contributed by atoms with Gasteiger partial charge >= 0.3 is 0 Å². The number of hydrogen-bond acceptors (Lipinski definition) is 0. The minimum Gasteiger partial charge on any atom is -0.0891 e. The van der Waals surface area contributed by atoms with Crippen molar-refractivity contribution < 1.29 is 0 Å².